The predicted molar refractivity (Wildman–Crippen MR) is 125 cm³/mol. The van der Waals surface area contributed by atoms with Crippen molar-refractivity contribution in [3.05, 3.63) is 54.0 Å². The third-order valence-corrected chi connectivity index (χ3v) is 4.67. The number of nitrogens with one attached hydrogen (secondary N) is 2. The number of piperidine rings is 1. The molecule has 0 amide bonds. The maximum Gasteiger partial charge on any atom is 0.219 e. The van der Waals surface area contributed by atoms with Gasteiger partial charge in [-0.1, -0.05) is 18.6 Å². The van der Waals surface area contributed by atoms with Crippen LogP contribution in [-0.2, 0) is 6.54 Å². The van der Waals surface area contributed by atoms with E-state index >= 15 is 0 Å². The maximum absolute atomic E-state index is 13.2. The van der Waals surface area contributed by atoms with Gasteiger partial charge in [-0.15, -0.1) is 24.0 Å². The highest BCUT2D eigenvalue weighted by Gasteiger charge is 2.09. The van der Waals surface area contributed by atoms with Crippen molar-refractivity contribution in [2.75, 3.05) is 33.2 Å². The van der Waals surface area contributed by atoms with Crippen LogP contribution in [0.2, 0.25) is 0 Å². The summed E-state index contributed by atoms with van der Waals surface area (Å²) in [6.45, 7) is 4.91. The fourth-order valence-corrected chi connectivity index (χ4v) is 3.15. The molecule has 29 heavy (non-hydrogen) atoms. The van der Waals surface area contributed by atoms with Gasteiger partial charge in [0.25, 0.3) is 0 Å². The molecule has 2 N–H and O–H groups in total. The van der Waals surface area contributed by atoms with Gasteiger partial charge in [-0.3, -0.25) is 4.99 Å². The van der Waals surface area contributed by atoms with E-state index in [4.69, 9.17) is 4.74 Å². The van der Waals surface area contributed by atoms with Gasteiger partial charge in [0.15, 0.2) is 5.96 Å². The minimum Gasteiger partial charge on any atom is -0.439 e. The first-order valence-corrected chi connectivity index (χ1v) is 9.78. The Labute approximate surface area is 189 Å². The number of rotatable bonds is 7. The highest BCUT2D eigenvalue weighted by molar-refractivity contribution is 14.0. The number of aromatic nitrogens is 1. The number of aliphatic imine (C=N–C) groups is 1. The lowest BCUT2D eigenvalue weighted by Crippen LogP contribution is -2.42. The lowest BCUT2D eigenvalue weighted by atomic mass is 10.1. The summed E-state index contributed by atoms with van der Waals surface area (Å²) in [5, 5.41) is 6.64. The van der Waals surface area contributed by atoms with Crippen LogP contribution >= 0.6 is 24.0 Å². The van der Waals surface area contributed by atoms with Gasteiger partial charge in [0.05, 0.1) is 0 Å². The Morgan fingerprint density at radius 3 is 2.69 bits per heavy atom. The molecular weight excluding hydrogens is 484 g/mol. The van der Waals surface area contributed by atoms with Crippen molar-refractivity contribution in [1.29, 1.82) is 0 Å². The van der Waals surface area contributed by atoms with E-state index in [-0.39, 0.29) is 29.8 Å². The second-order valence-corrected chi connectivity index (χ2v) is 6.82. The number of nitrogens with zero attached hydrogens (tertiary/aromatic N) is 3. The first-order valence-electron chi connectivity index (χ1n) is 9.78. The topological polar surface area (TPSA) is 61.8 Å². The second kappa shape index (κ2) is 12.6. The minimum atomic E-state index is -0.336. The van der Waals surface area contributed by atoms with E-state index in [0.717, 1.165) is 24.6 Å². The van der Waals surface area contributed by atoms with E-state index in [1.807, 2.05) is 6.07 Å². The Morgan fingerprint density at radius 2 is 2.00 bits per heavy atom. The predicted octanol–water partition coefficient (Wildman–Crippen LogP) is 3.78. The average molecular weight is 513 g/mol. The number of ether oxygens (including phenoxy) is 1. The number of guanidine groups is 1. The van der Waals surface area contributed by atoms with E-state index in [1.54, 1.807) is 31.4 Å². The van der Waals surface area contributed by atoms with Crippen molar-refractivity contribution < 1.29 is 9.13 Å². The molecule has 6 nitrogen and oxygen atoms in total. The standard InChI is InChI=1S/C21H28FN5O.HI/c1-23-21(24-10-13-27-11-3-2-4-12-27)26-16-17-8-9-20(25-15-17)28-19-7-5-6-18(22)14-19;/h5-9,14-15H,2-4,10-13,16H2,1H3,(H2,23,24,26);1H. The molecule has 1 fully saturated rings. The Kier molecular flexibility index (Phi) is 10.1. The van der Waals surface area contributed by atoms with Crippen molar-refractivity contribution in [2.45, 2.75) is 25.8 Å². The second-order valence-electron chi connectivity index (χ2n) is 6.82. The van der Waals surface area contributed by atoms with Gasteiger partial charge in [-0.05, 0) is 43.6 Å². The van der Waals surface area contributed by atoms with Crippen LogP contribution in [0.5, 0.6) is 11.6 Å². The molecule has 1 aromatic heterocycles. The van der Waals surface area contributed by atoms with E-state index in [1.165, 1.54) is 44.5 Å². The molecule has 0 atom stereocenters. The summed E-state index contributed by atoms with van der Waals surface area (Å²) < 4.78 is 18.8. The number of hydrogen-bond acceptors (Lipinski definition) is 4. The van der Waals surface area contributed by atoms with Crippen LogP contribution in [0, 0.1) is 5.82 Å². The lowest BCUT2D eigenvalue weighted by molar-refractivity contribution is 0.232. The molecule has 8 heteroatoms. The van der Waals surface area contributed by atoms with Crippen LogP contribution in [0.25, 0.3) is 0 Å². The van der Waals surface area contributed by atoms with Crippen LogP contribution in [0.1, 0.15) is 24.8 Å². The number of benzene rings is 1. The summed E-state index contributed by atoms with van der Waals surface area (Å²) in [4.78, 5) is 11.0. The molecule has 2 aromatic rings. The van der Waals surface area contributed by atoms with Crippen molar-refractivity contribution in [3.63, 3.8) is 0 Å². The highest BCUT2D eigenvalue weighted by atomic mass is 127. The smallest absolute Gasteiger partial charge is 0.219 e. The SMILES string of the molecule is CN=C(NCCN1CCCCC1)NCc1ccc(Oc2cccc(F)c2)nc1.I. The molecule has 1 aromatic carbocycles. The number of pyridine rings is 1. The Balaban J connectivity index is 0.00000300. The molecule has 0 bridgehead atoms. The van der Waals surface area contributed by atoms with Crippen LogP contribution in [0.4, 0.5) is 4.39 Å². The molecule has 2 heterocycles. The fourth-order valence-electron chi connectivity index (χ4n) is 3.15. The van der Waals surface area contributed by atoms with E-state index in [0.29, 0.717) is 18.2 Å². The number of hydrogen-bond donors (Lipinski definition) is 2. The van der Waals surface area contributed by atoms with Gasteiger partial charge in [0, 0.05) is 45.0 Å². The average Bonchev–Trinajstić information content (AvgIpc) is 2.72. The number of halogens is 2. The first kappa shape index (κ1) is 23.3. The Hall–Kier alpha value is -1.94. The summed E-state index contributed by atoms with van der Waals surface area (Å²) in [5.74, 6) is 1.30. The summed E-state index contributed by atoms with van der Waals surface area (Å²) in [7, 11) is 1.77. The molecule has 0 spiro atoms. The summed E-state index contributed by atoms with van der Waals surface area (Å²) >= 11 is 0. The molecule has 3 rings (SSSR count). The Bertz CT molecular complexity index is 766. The van der Waals surface area contributed by atoms with Crippen molar-refractivity contribution >= 4 is 29.9 Å². The van der Waals surface area contributed by atoms with Gasteiger partial charge < -0.3 is 20.3 Å². The van der Waals surface area contributed by atoms with E-state index in [2.05, 4.69) is 25.5 Å². The van der Waals surface area contributed by atoms with Crippen LogP contribution in [0.3, 0.4) is 0 Å². The number of likely N-dealkylation sites (tertiary alicyclic amines) is 1. The molecule has 1 saturated heterocycles. The normalized spacial score (nSPS) is 14.8. The molecule has 0 unspecified atom stereocenters. The summed E-state index contributed by atoms with van der Waals surface area (Å²) in [6, 6.07) is 9.70. The van der Waals surface area contributed by atoms with E-state index < -0.39 is 0 Å². The van der Waals surface area contributed by atoms with Gasteiger partial charge in [-0.25, -0.2) is 9.37 Å². The zero-order valence-corrected chi connectivity index (χ0v) is 19.1. The third-order valence-electron chi connectivity index (χ3n) is 4.67. The summed E-state index contributed by atoms with van der Waals surface area (Å²) in [6.07, 6.45) is 5.70. The van der Waals surface area contributed by atoms with Crippen LogP contribution < -0.4 is 15.4 Å². The monoisotopic (exact) mass is 513 g/mol. The van der Waals surface area contributed by atoms with Gasteiger partial charge in [0.1, 0.15) is 11.6 Å². The van der Waals surface area contributed by atoms with E-state index in [9.17, 15) is 4.39 Å². The van der Waals surface area contributed by atoms with Crippen molar-refractivity contribution in [1.82, 2.24) is 20.5 Å². The van der Waals surface area contributed by atoms with Gasteiger partial charge in [-0.2, -0.15) is 0 Å². The van der Waals surface area contributed by atoms with Crippen LogP contribution in [0.15, 0.2) is 47.6 Å². The molecule has 0 aliphatic carbocycles. The largest absolute Gasteiger partial charge is 0.439 e. The fraction of sp³-hybridized carbons (Fsp3) is 0.429. The quantitative estimate of drug-likeness (QED) is 0.335. The molecule has 0 saturated carbocycles. The molecule has 1 aliphatic heterocycles. The maximum atomic E-state index is 13.2. The van der Waals surface area contributed by atoms with Crippen molar-refractivity contribution in [3.8, 4) is 11.6 Å². The van der Waals surface area contributed by atoms with Gasteiger partial charge >= 0.3 is 0 Å². The zero-order valence-electron chi connectivity index (χ0n) is 16.7. The molecule has 0 radical (unpaired) electrons. The van der Waals surface area contributed by atoms with Crippen LogP contribution in [-0.4, -0.2) is 49.1 Å². The lowest BCUT2D eigenvalue weighted by Gasteiger charge is -2.26. The van der Waals surface area contributed by atoms with Crippen molar-refractivity contribution in [2.24, 2.45) is 4.99 Å². The minimum absolute atomic E-state index is 0. The Morgan fingerprint density at radius 1 is 1.17 bits per heavy atom. The third kappa shape index (κ3) is 8.14. The molecular formula is C21H29FIN5O. The first-order chi connectivity index (χ1) is 13.7. The summed E-state index contributed by atoms with van der Waals surface area (Å²) in [5.41, 5.74) is 1.01. The zero-order chi connectivity index (χ0) is 19.6. The molecule has 158 valence electrons. The highest BCUT2D eigenvalue weighted by Crippen LogP contribution is 2.19. The van der Waals surface area contributed by atoms with Gasteiger partial charge in [0.2, 0.25) is 5.88 Å². The molecule has 1 aliphatic rings.